The van der Waals surface area contributed by atoms with E-state index in [0.717, 1.165) is 0 Å². The Morgan fingerprint density at radius 1 is 1.13 bits per heavy atom. The molecule has 10 nitrogen and oxygen atoms in total. The monoisotopic (exact) mass is 438 g/mol. The number of ether oxygens (including phenoxy) is 3. The van der Waals surface area contributed by atoms with Gasteiger partial charge in [0.15, 0.2) is 11.7 Å². The van der Waals surface area contributed by atoms with Gasteiger partial charge in [-0.25, -0.2) is 9.78 Å². The molecule has 3 unspecified atom stereocenters. The molecule has 0 saturated carbocycles. The molecule has 0 aliphatic rings. The van der Waals surface area contributed by atoms with Crippen LogP contribution in [-0.4, -0.2) is 58.8 Å². The first-order valence-electron chi connectivity index (χ1n) is 9.97. The van der Waals surface area contributed by atoms with Gasteiger partial charge in [-0.15, -0.1) is 0 Å². The van der Waals surface area contributed by atoms with E-state index in [1.54, 1.807) is 34.6 Å². The lowest BCUT2D eigenvalue weighted by Gasteiger charge is -2.23. The molecule has 0 radical (unpaired) electrons. The number of hydrogen-bond acceptors (Lipinski definition) is 9. The number of nitrogens with zero attached hydrogens (tertiary/aromatic N) is 1. The second kappa shape index (κ2) is 11.9. The van der Waals surface area contributed by atoms with Gasteiger partial charge in [0.25, 0.3) is 5.91 Å². The Balaban J connectivity index is 2.94. The molecule has 172 valence electrons. The Hall–Kier alpha value is -3.17. The predicted octanol–water partition coefficient (Wildman–Crippen LogP) is 1.67. The number of carbonyl (C=O) groups excluding carboxylic acids is 4. The minimum Gasteiger partial charge on any atom is -0.505 e. The zero-order valence-corrected chi connectivity index (χ0v) is 18.6. The largest absolute Gasteiger partial charge is 0.505 e. The molecule has 3 atom stereocenters. The number of amides is 1. The average molecular weight is 438 g/mol. The first-order valence-corrected chi connectivity index (χ1v) is 9.97. The molecule has 0 fully saturated rings. The lowest BCUT2D eigenvalue weighted by molar-refractivity contribution is -0.162. The molecular formula is C21H30N2O8. The van der Waals surface area contributed by atoms with Gasteiger partial charge in [-0.2, -0.15) is 0 Å². The molecule has 10 heteroatoms. The van der Waals surface area contributed by atoms with Crippen molar-refractivity contribution in [1.29, 1.82) is 0 Å². The van der Waals surface area contributed by atoms with Crippen molar-refractivity contribution in [2.45, 2.75) is 66.2 Å². The molecule has 0 saturated heterocycles. The number of aromatic nitrogens is 1. The fourth-order valence-corrected chi connectivity index (χ4v) is 2.73. The zero-order valence-electron chi connectivity index (χ0n) is 18.6. The molecule has 1 heterocycles. The van der Waals surface area contributed by atoms with E-state index in [1.165, 1.54) is 19.2 Å². The molecule has 0 aromatic carbocycles. The van der Waals surface area contributed by atoms with Crippen LogP contribution in [0.1, 0.15) is 57.1 Å². The van der Waals surface area contributed by atoms with Crippen molar-refractivity contribution >= 4 is 23.8 Å². The number of aromatic hydroxyl groups is 1. The van der Waals surface area contributed by atoms with Gasteiger partial charge in [-0.1, -0.05) is 6.92 Å². The van der Waals surface area contributed by atoms with E-state index in [-0.39, 0.29) is 11.4 Å². The number of pyridine rings is 1. The van der Waals surface area contributed by atoms with Crippen molar-refractivity contribution in [3.05, 3.63) is 23.5 Å². The molecule has 1 amide bonds. The number of carbonyl (C=O) groups is 4. The van der Waals surface area contributed by atoms with Crippen molar-refractivity contribution in [3.8, 4) is 5.75 Å². The quantitative estimate of drug-likeness (QED) is 0.412. The summed E-state index contributed by atoms with van der Waals surface area (Å²) in [5.74, 6) is -3.94. The molecule has 31 heavy (non-hydrogen) atoms. The van der Waals surface area contributed by atoms with Crippen molar-refractivity contribution in [3.63, 3.8) is 0 Å². The summed E-state index contributed by atoms with van der Waals surface area (Å²) in [6.45, 7) is 8.87. The van der Waals surface area contributed by atoms with E-state index < -0.39 is 54.6 Å². The smallest absolute Gasteiger partial charge is 0.332 e. The Labute approximate surface area is 181 Å². The fraction of sp³-hybridized carbons (Fsp3) is 0.571. The van der Waals surface area contributed by atoms with Crippen LogP contribution in [0, 0.1) is 12.8 Å². The highest BCUT2D eigenvalue weighted by Crippen LogP contribution is 2.19. The molecule has 0 aliphatic carbocycles. The third kappa shape index (κ3) is 7.88. The van der Waals surface area contributed by atoms with E-state index in [2.05, 4.69) is 10.3 Å². The first kappa shape index (κ1) is 25.9. The van der Waals surface area contributed by atoms with Crippen LogP contribution in [0.15, 0.2) is 12.3 Å². The van der Waals surface area contributed by atoms with E-state index in [9.17, 15) is 24.3 Å². The van der Waals surface area contributed by atoms with Crippen molar-refractivity contribution in [2.24, 2.45) is 5.92 Å². The molecule has 1 rings (SSSR count). The summed E-state index contributed by atoms with van der Waals surface area (Å²) in [6.07, 6.45) is 0.481. The van der Waals surface area contributed by atoms with Gasteiger partial charge in [-0.3, -0.25) is 14.4 Å². The lowest BCUT2D eigenvalue weighted by Crippen LogP contribution is -2.47. The standard InChI is InChI=1S/C21H30N2O8/c1-7-15(13(5)31-14(6)24)20(27)29-10-16(21(28)30-11(2)3)23-19(26)17-18(25)12(4)8-9-22-17/h8-9,11,13,15-16,25H,7,10H2,1-6H3,(H,23,26). The molecule has 0 aliphatic heterocycles. The van der Waals surface area contributed by atoms with E-state index in [0.29, 0.717) is 12.0 Å². The highest BCUT2D eigenvalue weighted by Gasteiger charge is 2.31. The maximum absolute atomic E-state index is 12.5. The molecule has 0 spiro atoms. The van der Waals surface area contributed by atoms with Gasteiger partial charge in [0.1, 0.15) is 18.5 Å². The summed E-state index contributed by atoms with van der Waals surface area (Å²) >= 11 is 0. The lowest BCUT2D eigenvalue weighted by atomic mass is 10.0. The number of esters is 3. The van der Waals surface area contributed by atoms with E-state index in [1.807, 2.05) is 0 Å². The number of aryl methyl sites for hydroxylation is 1. The maximum Gasteiger partial charge on any atom is 0.332 e. The number of nitrogens with one attached hydrogen (secondary N) is 1. The summed E-state index contributed by atoms with van der Waals surface area (Å²) in [5, 5.41) is 12.4. The Morgan fingerprint density at radius 3 is 2.32 bits per heavy atom. The second-order valence-corrected chi connectivity index (χ2v) is 7.30. The van der Waals surface area contributed by atoms with Crippen LogP contribution in [0.4, 0.5) is 0 Å². The van der Waals surface area contributed by atoms with Crippen LogP contribution in [-0.2, 0) is 28.6 Å². The van der Waals surface area contributed by atoms with E-state index >= 15 is 0 Å². The van der Waals surface area contributed by atoms with Crippen molar-refractivity contribution in [2.75, 3.05) is 6.61 Å². The summed E-state index contributed by atoms with van der Waals surface area (Å²) in [7, 11) is 0. The summed E-state index contributed by atoms with van der Waals surface area (Å²) in [4.78, 5) is 52.4. The van der Waals surface area contributed by atoms with Gasteiger partial charge in [-0.05, 0) is 45.7 Å². The van der Waals surface area contributed by atoms with Crippen LogP contribution in [0.25, 0.3) is 0 Å². The van der Waals surface area contributed by atoms with Gasteiger partial charge in [0, 0.05) is 13.1 Å². The Morgan fingerprint density at radius 2 is 1.77 bits per heavy atom. The predicted molar refractivity (Wildman–Crippen MR) is 109 cm³/mol. The minimum absolute atomic E-state index is 0.274. The molecule has 1 aromatic rings. The van der Waals surface area contributed by atoms with Crippen LogP contribution >= 0.6 is 0 Å². The molecular weight excluding hydrogens is 408 g/mol. The van der Waals surface area contributed by atoms with Gasteiger partial charge >= 0.3 is 17.9 Å². The SMILES string of the molecule is CCC(C(=O)OCC(NC(=O)c1nccc(C)c1O)C(=O)OC(C)C)C(C)OC(C)=O. The zero-order chi connectivity index (χ0) is 23.7. The Bertz CT molecular complexity index is 809. The van der Waals surface area contributed by atoms with Crippen molar-refractivity contribution < 1.29 is 38.5 Å². The molecule has 2 N–H and O–H groups in total. The van der Waals surface area contributed by atoms with Gasteiger partial charge in [0.05, 0.1) is 12.0 Å². The molecule has 0 bridgehead atoms. The van der Waals surface area contributed by atoms with Crippen molar-refractivity contribution in [1.82, 2.24) is 10.3 Å². The number of rotatable bonds is 10. The fourth-order valence-electron chi connectivity index (χ4n) is 2.73. The third-order valence-corrected chi connectivity index (χ3v) is 4.34. The summed E-state index contributed by atoms with van der Waals surface area (Å²) in [6, 6.07) is 0.190. The van der Waals surface area contributed by atoms with E-state index in [4.69, 9.17) is 14.2 Å². The first-order chi connectivity index (χ1) is 14.5. The van der Waals surface area contributed by atoms with Gasteiger partial charge < -0.3 is 24.6 Å². The summed E-state index contributed by atoms with van der Waals surface area (Å²) in [5.41, 5.74) is 0.154. The second-order valence-electron chi connectivity index (χ2n) is 7.30. The Kier molecular flexibility index (Phi) is 9.91. The normalized spacial score (nSPS) is 13.6. The van der Waals surface area contributed by atoms with Gasteiger partial charge in [0.2, 0.25) is 0 Å². The number of hydrogen-bond donors (Lipinski definition) is 2. The average Bonchev–Trinajstić information content (AvgIpc) is 2.66. The highest BCUT2D eigenvalue weighted by molar-refractivity contribution is 5.97. The minimum atomic E-state index is -1.33. The maximum atomic E-state index is 12.5. The molecule has 1 aromatic heterocycles. The van der Waals surface area contributed by atoms with Crippen LogP contribution in [0.2, 0.25) is 0 Å². The van der Waals surface area contributed by atoms with Crippen LogP contribution in [0.3, 0.4) is 0 Å². The van der Waals surface area contributed by atoms with Crippen LogP contribution in [0.5, 0.6) is 5.75 Å². The third-order valence-electron chi connectivity index (χ3n) is 4.34. The highest BCUT2D eigenvalue weighted by atomic mass is 16.6. The summed E-state index contributed by atoms with van der Waals surface area (Å²) < 4.78 is 15.4. The van der Waals surface area contributed by atoms with Crippen LogP contribution < -0.4 is 5.32 Å². The topological polar surface area (TPSA) is 141 Å².